The molecule has 0 aromatic heterocycles. The molecule has 3 nitrogen and oxygen atoms in total. The third kappa shape index (κ3) is 11.6. The first-order chi connectivity index (χ1) is 16.1. The number of carbonyl (C=O) groups excluding carboxylic acids is 1. The van der Waals surface area contributed by atoms with Gasteiger partial charge in [-0.15, -0.1) is 0 Å². The molecule has 1 N–H and O–H groups in total. The molecule has 1 aromatic rings. The average molecular weight is 565 g/mol. The van der Waals surface area contributed by atoms with Gasteiger partial charge in [0, 0.05) is 0 Å². The first-order valence-electron chi connectivity index (χ1n) is 14.2. The number of unbranched alkanes of at least 4 members (excludes halogenated alkanes) is 4. The number of amides is 1. The molecule has 0 spiro atoms. The van der Waals surface area contributed by atoms with Crippen molar-refractivity contribution in [1.29, 1.82) is 0 Å². The second-order valence-corrected chi connectivity index (χ2v) is 23.2. The molecule has 1 aromatic carbocycles. The summed E-state index contributed by atoms with van der Waals surface area (Å²) in [4.78, 5) is 15.3. The van der Waals surface area contributed by atoms with Gasteiger partial charge < -0.3 is 0 Å². The number of rotatable bonds is 20. The van der Waals surface area contributed by atoms with Crippen LogP contribution in [0.5, 0.6) is 0 Å². The molecule has 0 aliphatic rings. The average Bonchev–Trinajstić information content (AvgIpc) is 2.84. The van der Waals surface area contributed by atoms with Gasteiger partial charge in [-0.3, -0.25) is 0 Å². The first-order valence-corrected chi connectivity index (χ1v) is 21.7. The van der Waals surface area contributed by atoms with Crippen LogP contribution in [-0.2, 0) is 0 Å². The number of benzene rings is 1. The molecule has 0 radical (unpaired) electrons. The number of nitrogens with one attached hydrogen (secondary N) is 1. The van der Waals surface area contributed by atoms with Crippen molar-refractivity contribution in [2.45, 2.75) is 112 Å². The van der Waals surface area contributed by atoms with Crippen molar-refractivity contribution in [3.8, 4) is 0 Å². The van der Waals surface area contributed by atoms with Crippen LogP contribution >= 0.6 is 0 Å². The van der Waals surface area contributed by atoms with E-state index in [1.165, 1.54) is 77.8 Å². The Balaban J connectivity index is 2.68. The van der Waals surface area contributed by atoms with E-state index in [1.807, 2.05) is 0 Å². The Kier molecular flexibility index (Phi) is 17.3. The van der Waals surface area contributed by atoms with E-state index < -0.39 is 18.4 Å². The van der Waals surface area contributed by atoms with E-state index in [9.17, 15) is 4.79 Å². The summed E-state index contributed by atoms with van der Waals surface area (Å²) in [6, 6.07) is 8.92. The number of hydrogen-bond acceptors (Lipinski definition) is 2. The Morgan fingerprint density at radius 3 is 1.67 bits per heavy atom. The van der Waals surface area contributed by atoms with Crippen molar-refractivity contribution >= 4 is 27.9 Å². The molecule has 0 aliphatic carbocycles. The van der Waals surface area contributed by atoms with E-state index in [4.69, 9.17) is 0 Å². The molecular weight excluding hydrogens is 511 g/mol. The van der Waals surface area contributed by atoms with Crippen LogP contribution in [0.1, 0.15) is 109 Å². The summed E-state index contributed by atoms with van der Waals surface area (Å²) in [5.74, 6) is 0.0944. The maximum absolute atomic E-state index is 12.7. The Labute approximate surface area is 210 Å². The molecule has 0 fully saturated rings. The Morgan fingerprint density at radius 2 is 1.21 bits per heavy atom. The zero-order chi connectivity index (χ0) is 24.4. The van der Waals surface area contributed by atoms with Crippen LogP contribution in [0, 0.1) is 0 Å². The van der Waals surface area contributed by atoms with Gasteiger partial charge in [0.2, 0.25) is 0 Å². The number of hydrogen-bond donors (Lipinski definition) is 1. The Morgan fingerprint density at radius 1 is 0.697 bits per heavy atom. The van der Waals surface area contributed by atoms with Crippen molar-refractivity contribution in [3.63, 3.8) is 0 Å². The number of carbonyl (C=O) groups is 1. The normalized spacial score (nSPS) is 11.8. The van der Waals surface area contributed by atoms with Crippen LogP contribution in [0.2, 0.25) is 13.3 Å². The molecule has 0 saturated carbocycles. The van der Waals surface area contributed by atoms with E-state index >= 15 is 0 Å². The zero-order valence-corrected chi connectivity index (χ0v) is 25.5. The minimum absolute atomic E-state index is 0.0944. The predicted octanol–water partition coefficient (Wildman–Crippen LogP) is 7.37. The van der Waals surface area contributed by atoms with E-state index in [2.05, 4.69) is 69.1 Å². The van der Waals surface area contributed by atoms with Gasteiger partial charge >= 0.3 is 184 Å². The van der Waals surface area contributed by atoms with Gasteiger partial charge in [0.15, 0.2) is 0 Å². The first kappa shape index (κ1) is 30.5. The van der Waals surface area contributed by atoms with Crippen LogP contribution in [-0.4, -0.2) is 55.4 Å². The third-order valence-electron chi connectivity index (χ3n) is 7.05. The van der Waals surface area contributed by atoms with Crippen molar-refractivity contribution in [3.05, 3.63) is 29.8 Å². The molecule has 0 unspecified atom stereocenters. The second kappa shape index (κ2) is 18.7. The van der Waals surface area contributed by atoms with Crippen LogP contribution < -0.4 is 8.90 Å². The van der Waals surface area contributed by atoms with Gasteiger partial charge in [0.05, 0.1) is 0 Å². The molecule has 190 valence electrons. The van der Waals surface area contributed by atoms with Gasteiger partial charge in [-0.1, -0.05) is 13.8 Å². The summed E-state index contributed by atoms with van der Waals surface area (Å²) in [5, 5.41) is 3.16. The van der Waals surface area contributed by atoms with Gasteiger partial charge in [0.1, 0.15) is 0 Å². The SMILES string of the molecule is CCC[CH2][Sn]([CH2]CCC)([CH2]CCC)[c]1ccc(C(=O)NCCCCN(CCC)CCC)cc1. The van der Waals surface area contributed by atoms with Gasteiger partial charge in [0.25, 0.3) is 0 Å². The quantitative estimate of drug-likeness (QED) is 0.132. The Hall–Kier alpha value is -0.551. The second-order valence-electron chi connectivity index (χ2n) is 9.97. The van der Waals surface area contributed by atoms with Gasteiger partial charge in [-0.05, 0) is 12.8 Å². The van der Waals surface area contributed by atoms with Crippen molar-refractivity contribution < 1.29 is 4.79 Å². The van der Waals surface area contributed by atoms with Crippen molar-refractivity contribution in [2.75, 3.05) is 26.2 Å². The fourth-order valence-electron chi connectivity index (χ4n) is 5.06. The molecule has 1 rings (SSSR count). The summed E-state index contributed by atoms with van der Waals surface area (Å²) in [7, 11) is 0. The summed E-state index contributed by atoms with van der Waals surface area (Å²) >= 11 is -2.39. The molecule has 0 heterocycles. The van der Waals surface area contributed by atoms with Crippen molar-refractivity contribution in [2.24, 2.45) is 0 Å². The molecule has 1 amide bonds. The maximum atomic E-state index is 12.7. The molecule has 33 heavy (non-hydrogen) atoms. The molecule has 4 heteroatoms. The van der Waals surface area contributed by atoms with Gasteiger partial charge in [-0.25, -0.2) is 0 Å². The molecular formula is C29H54N2OSn. The molecule has 0 bridgehead atoms. The summed E-state index contributed by atoms with van der Waals surface area (Å²) in [6.07, 6.45) is 12.7. The fourth-order valence-corrected chi connectivity index (χ4v) is 21.0. The van der Waals surface area contributed by atoms with E-state index in [0.717, 1.165) is 31.5 Å². The standard InChI is InChI=1S/C17H27N2O.3C4H9.Sn/c1-3-13-19(14-4-2)15-9-8-12-18-17(20)16-10-6-5-7-11-16;3*1-3-4-2;/h6-7,10-11H,3-4,8-9,12-15H2,1-2H3,(H,18,20);3*1,3-4H2,2H3;. The van der Waals surface area contributed by atoms with Crippen LogP contribution in [0.3, 0.4) is 0 Å². The van der Waals surface area contributed by atoms with Crippen LogP contribution in [0.4, 0.5) is 0 Å². The summed E-state index contributed by atoms with van der Waals surface area (Å²) < 4.78 is 6.08. The van der Waals surface area contributed by atoms with Crippen LogP contribution in [0.25, 0.3) is 0 Å². The summed E-state index contributed by atoms with van der Waals surface area (Å²) in [6.45, 7) is 15.8. The minimum atomic E-state index is -2.39. The van der Waals surface area contributed by atoms with Crippen LogP contribution in [0.15, 0.2) is 24.3 Å². The molecule has 0 saturated heterocycles. The molecule has 0 atom stereocenters. The predicted molar refractivity (Wildman–Crippen MR) is 150 cm³/mol. The zero-order valence-electron chi connectivity index (χ0n) is 22.7. The van der Waals surface area contributed by atoms with Crippen molar-refractivity contribution in [1.82, 2.24) is 10.2 Å². The Bertz CT molecular complexity index is 589. The topological polar surface area (TPSA) is 32.3 Å². The third-order valence-corrected chi connectivity index (χ3v) is 22.7. The number of nitrogens with zero attached hydrogens (tertiary/aromatic N) is 1. The van der Waals surface area contributed by atoms with E-state index in [1.54, 1.807) is 3.58 Å². The van der Waals surface area contributed by atoms with E-state index in [0.29, 0.717) is 0 Å². The van der Waals surface area contributed by atoms with Gasteiger partial charge in [-0.2, -0.15) is 0 Å². The molecule has 0 aliphatic heterocycles. The fraction of sp³-hybridized carbons (Fsp3) is 0.759. The monoisotopic (exact) mass is 566 g/mol. The summed E-state index contributed by atoms with van der Waals surface area (Å²) in [5.41, 5.74) is 0.832. The van der Waals surface area contributed by atoms with E-state index in [-0.39, 0.29) is 5.91 Å².